The van der Waals surface area contributed by atoms with E-state index in [2.05, 4.69) is 5.32 Å². The molecular formula is C14H19ClN2O3. The quantitative estimate of drug-likeness (QED) is 0.814. The fraction of sp³-hybridized carbons (Fsp3) is 0.429. The van der Waals surface area contributed by atoms with Crippen molar-refractivity contribution in [1.29, 1.82) is 0 Å². The number of hydrogen-bond acceptors (Lipinski definition) is 3. The van der Waals surface area contributed by atoms with Crippen LogP contribution < -0.4 is 10.2 Å². The maximum atomic E-state index is 11.8. The van der Waals surface area contributed by atoms with Crippen LogP contribution in [-0.4, -0.2) is 38.6 Å². The molecule has 6 heteroatoms. The van der Waals surface area contributed by atoms with Gasteiger partial charge in [0, 0.05) is 31.3 Å². The van der Waals surface area contributed by atoms with Crippen LogP contribution in [0.1, 0.15) is 12.5 Å². The Labute approximate surface area is 123 Å². The number of anilines is 1. The lowest BCUT2D eigenvalue weighted by molar-refractivity contribution is -0.123. The highest BCUT2D eigenvalue weighted by Crippen LogP contribution is 2.23. The molecule has 1 N–H and O–H groups in total. The number of benzene rings is 1. The number of nitrogens with one attached hydrogen (secondary N) is 1. The highest BCUT2D eigenvalue weighted by Gasteiger charge is 2.16. The second-order valence-corrected chi connectivity index (χ2v) is 4.79. The van der Waals surface area contributed by atoms with Crippen LogP contribution >= 0.6 is 11.6 Å². The number of aryl methyl sites for hydroxylation is 1. The molecule has 0 unspecified atom stereocenters. The molecule has 2 amide bonds. The Morgan fingerprint density at radius 1 is 1.40 bits per heavy atom. The van der Waals surface area contributed by atoms with Crippen molar-refractivity contribution in [3.05, 3.63) is 28.8 Å². The number of ether oxygens (including phenoxy) is 1. The first-order valence-electron chi connectivity index (χ1n) is 6.25. The van der Waals surface area contributed by atoms with E-state index in [1.165, 1.54) is 11.8 Å². The van der Waals surface area contributed by atoms with Crippen molar-refractivity contribution in [2.24, 2.45) is 0 Å². The summed E-state index contributed by atoms with van der Waals surface area (Å²) in [6.07, 6.45) is 0. The van der Waals surface area contributed by atoms with Crippen molar-refractivity contribution in [3.8, 4) is 0 Å². The van der Waals surface area contributed by atoms with Crippen molar-refractivity contribution < 1.29 is 14.3 Å². The van der Waals surface area contributed by atoms with E-state index in [0.717, 1.165) is 5.56 Å². The molecular weight excluding hydrogens is 280 g/mol. The molecule has 1 aromatic rings. The summed E-state index contributed by atoms with van der Waals surface area (Å²) in [5.41, 5.74) is 1.53. The van der Waals surface area contributed by atoms with Gasteiger partial charge < -0.3 is 15.0 Å². The SMILES string of the molecule is COCCNC(=O)CN(C(C)=O)c1ccc(C)c(Cl)c1. The molecule has 0 aliphatic carbocycles. The number of carbonyl (C=O) groups excluding carboxylic acids is 2. The van der Waals surface area contributed by atoms with Crippen LogP contribution in [0.15, 0.2) is 18.2 Å². The fourth-order valence-electron chi connectivity index (χ4n) is 1.63. The van der Waals surface area contributed by atoms with E-state index < -0.39 is 0 Å². The Kier molecular flexibility index (Phi) is 6.48. The smallest absolute Gasteiger partial charge is 0.240 e. The number of halogens is 1. The molecule has 1 aromatic carbocycles. The molecule has 0 aromatic heterocycles. The Hall–Kier alpha value is -1.59. The van der Waals surface area contributed by atoms with Crippen LogP contribution in [0.25, 0.3) is 0 Å². The molecule has 0 heterocycles. The predicted molar refractivity (Wildman–Crippen MR) is 79.1 cm³/mol. The zero-order chi connectivity index (χ0) is 15.1. The van der Waals surface area contributed by atoms with Gasteiger partial charge in [0.15, 0.2) is 0 Å². The van der Waals surface area contributed by atoms with Gasteiger partial charge in [0.1, 0.15) is 6.54 Å². The van der Waals surface area contributed by atoms with Gasteiger partial charge >= 0.3 is 0 Å². The van der Waals surface area contributed by atoms with Crippen LogP contribution in [0.3, 0.4) is 0 Å². The Morgan fingerprint density at radius 3 is 2.65 bits per heavy atom. The lowest BCUT2D eigenvalue weighted by Crippen LogP contribution is -2.40. The molecule has 0 radical (unpaired) electrons. The number of carbonyl (C=O) groups is 2. The number of methoxy groups -OCH3 is 1. The van der Waals surface area contributed by atoms with E-state index in [4.69, 9.17) is 16.3 Å². The monoisotopic (exact) mass is 298 g/mol. The number of amides is 2. The summed E-state index contributed by atoms with van der Waals surface area (Å²) < 4.78 is 4.85. The van der Waals surface area contributed by atoms with E-state index in [-0.39, 0.29) is 18.4 Å². The molecule has 20 heavy (non-hydrogen) atoms. The van der Waals surface area contributed by atoms with Crippen LogP contribution in [0.2, 0.25) is 5.02 Å². The summed E-state index contributed by atoms with van der Waals surface area (Å²) in [6, 6.07) is 5.27. The van der Waals surface area contributed by atoms with Gasteiger partial charge in [0.2, 0.25) is 11.8 Å². The van der Waals surface area contributed by atoms with Gasteiger partial charge in [-0.05, 0) is 24.6 Å². The summed E-state index contributed by atoms with van der Waals surface area (Å²) in [4.78, 5) is 24.8. The predicted octanol–water partition coefficient (Wildman–Crippen LogP) is 1.76. The van der Waals surface area contributed by atoms with Crippen molar-refractivity contribution in [2.45, 2.75) is 13.8 Å². The molecule has 0 aliphatic heterocycles. The normalized spacial score (nSPS) is 10.2. The van der Waals surface area contributed by atoms with Gasteiger partial charge in [-0.25, -0.2) is 0 Å². The van der Waals surface area contributed by atoms with E-state index in [9.17, 15) is 9.59 Å². The van der Waals surface area contributed by atoms with Gasteiger partial charge in [-0.15, -0.1) is 0 Å². The van der Waals surface area contributed by atoms with E-state index in [1.807, 2.05) is 13.0 Å². The van der Waals surface area contributed by atoms with Crippen molar-refractivity contribution >= 4 is 29.1 Å². The third kappa shape index (κ3) is 4.83. The third-order valence-electron chi connectivity index (χ3n) is 2.78. The second kappa shape index (κ2) is 7.87. The molecule has 0 saturated carbocycles. The molecule has 0 spiro atoms. The second-order valence-electron chi connectivity index (χ2n) is 4.38. The average molecular weight is 299 g/mol. The minimum absolute atomic E-state index is 0.0432. The van der Waals surface area contributed by atoms with Crippen molar-refractivity contribution in [1.82, 2.24) is 5.32 Å². The molecule has 1 rings (SSSR count). The van der Waals surface area contributed by atoms with Crippen molar-refractivity contribution in [3.63, 3.8) is 0 Å². The molecule has 0 aliphatic rings. The van der Waals surface area contributed by atoms with Gasteiger partial charge in [-0.2, -0.15) is 0 Å². The third-order valence-corrected chi connectivity index (χ3v) is 3.18. The number of nitrogens with zero attached hydrogens (tertiary/aromatic N) is 1. The largest absolute Gasteiger partial charge is 0.383 e. The maximum Gasteiger partial charge on any atom is 0.240 e. The average Bonchev–Trinajstić information content (AvgIpc) is 2.39. The number of rotatable bonds is 6. The topological polar surface area (TPSA) is 58.6 Å². The standard InChI is InChI=1S/C14H19ClN2O3/c1-10-4-5-12(8-13(10)15)17(11(2)18)9-14(19)16-6-7-20-3/h4-5,8H,6-7,9H2,1-3H3,(H,16,19). The first-order chi connectivity index (χ1) is 9.45. The summed E-state index contributed by atoms with van der Waals surface area (Å²) in [6.45, 7) is 4.09. The van der Waals surface area contributed by atoms with Gasteiger partial charge in [0.25, 0.3) is 0 Å². The Morgan fingerprint density at radius 2 is 2.10 bits per heavy atom. The van der Waals surface area contributed by atoms with Gasteiger partial charge in [0.05, 0.1) is 6.61 Å². The zero-order valence-electron chi connectivity index (χ0n) is 11.9. The van der Waals surface area contributed by atoms with Crippen LogP contribution in [0.5, 0.6) is 0 Å². The summed E-state index contributed by atoms with van der Waals surface area (Å²) >= 11 is 6.05. The molecule has 110 valence electrons. The molecule has 0 atom stereocenters. The lowest BCUT2D eigenvalue weighted by atomic mass is 10.2. The molecule has 0 fully saturated rings. The lowest BCUT2D eigenvalue weighted by Gasteiger charge is -2.21. The van der Waals surface area contributed by atoms with Gasteiger partial charge in [-0.1, -0.05) is 17.7 Å². The first-order valence-corrected chi connectivity index (χ1v) is 6.63. The van der Waals surface area contributed by atoms with E-state index in [1.54, 1.807) is 19.2 Å². The number of hydrogen-bond donors (Lipinski definition) is 1. The van der Waals surface area contributed by atoms with Crippen LogP contribution in [0.4, 0.5) is 5.69 Å². The minimum atomic E-state index is -0.242. The fourth-order valence-corrected chi connectivity index (χ4v) is 1.80. The Balaban J connectivity index is 2.76. The summed E-state index contributed by atoms with van der Waals surface area (Å²) in [5, 5.41) is 3.24. The van der Waals surface area contributed by atoms with Gasteiger partial charge in [-0.3, -0.25) is 9.59 Å². The van der Waals surface area contributed by atoms with Crippen LogP contribution in [-0.2, 0) is 14.3 Å². The van der Waals surface area contributed by atoms with E-state index >= 15 is 0 Å². The molecule has 5 nitrogen and oxygen atoms in total. The summed E-state index contributed by atoms with van der Waals surface area (Å²) in [7, 11) is 1.56. The maximum absolute atomic E-state index is 11.8. The molecule has 0 saturated heterocycles. The highest BCUT2D eigenvalue weighted by molar-refractivity contribution is 6.31. The zero-order valence-corrected chi connectivity index (χ0v) is 12.7. The Bertz CT molecular complexity index is 491. The first kappa shape index (κ1) is 16.5. The minimum Gasteiger partial charge on any atom is -0.383 e. The molecule has 0 bridgehead atoms. The summed E-state index contributed by atoms with van der Waals surface area (Å²) in [5.74, 6) is -0.458. The highest BCUT2D eigenvalue weighted by atomic mass is 35.5. The van der Waals surface area contributed by atoms with Crippen LogP contribution in [0, 0.1) is 6.92 Å². The van der Waals surface area contributed by atoms with Crippen molar-refractivity contribution in [2.75, 3.05) is 31.7 Å². The van der Waals surface area contributed by atoms with E-state index in [0.29, 0.717) is 23.9 Å².